The van der Waals surface area contributed by atoms with Crippen LogP contribution in [0.4, 0.5) is 0 Å². The number of hydrogen-bond donors (Lipinski definition) is 0. The van der Waals surface area contributed by atoms with Crippen molar-refractivity contribution in [1.29, 1.82) is 0 Å². The number of Topliss-reactive ketones (excluding diaryl/α,β-unsaturated/α-hetero) is 1. The third-order valence-corrected chi connectivity index (χ3v) is 2.80. The zero-order chi connectivity index (χ0) is 12.1. The minimum Gasteiger partial charge on any atom is -0.299 e. The Hall–Kier alpha value is -0.570. The number of hydrogen-bond acceptors (Lipinski definition) is 2. The highest BCUT2D eigenvalue weighted by Gasteiger charge is 2.12. The van der Waals surface area contributed by atoms with E-state index in [0.29, 0.717) is 22.2 Å². The molecule has 0 aromatic heterocycles. The molecule has 0 unspecified atom stereocenters. The molecule has 2 nitrogen and oxygen atoms in total. The number of carbonyl (C=O) groups is 1. The molecule has 0 amide bonds. The minimum atomic E-state index is 0.0256. The first kappa shape index (κ1) is 13.5. The number of likely N-dealkylation sites (N-methyl/N-ethyl adjacent to an activating group) is 1. The molecule has 0 aliphatic rings. The van der Waals surface area contributed by atoms with Crippen molar-refractivity contribution in [2.45, 2.75) is 13.3 Å². The van der Waals surface area contributed by atoms with Gasteiger partial charge in [0.2, 0.25) is 0 Å². The van der Waals surface area contributed by atoms with Crippen LogP contribution in [0.25, 0.3) is 0 Å². The standard InChI is InChI=1S/C12H15Cl2NO/c1-3-6-15(2)8-12(16)10-5-4-9(13)7-11(10)14/h4-5,7H,3,6,8H2,1-2H3. The normalized spacial score (nSPS) is 10.8. The summed E-state index contributed by atoms with van der Waals surface area (Å²) in [6.45, 7) is 3.36. The fourth-order valence-electron chi connectivity index (χ4n) is 1.51. The molecule has 0 aliphatic carbocycles. The van der Waals surface area contributed by atoms with Gasteiger partial charge in [-0.3, -0.25) is 9.69 Å². The van der Waals surface area contributed by atoms with Gasteiger partial charge in [-0.05, 0) is 38.2 Å². The van der Waals surface area contributed by atoms with Gasteiger partial charge in [0, 0.05) is 10.6 Å². The smallest absolute Gasteiger partial charge is 0.178 e. The molecule has 0 saturated heterocycles. The molecule has 0 saturated carbocycles. The molecular formula is C12H15Cl2NO. The lowest BCUT2D eigenvalue weighted by Crippen LogP contribution is -2.26. The van der Waals surface area contributed by atoms with Crippen molar-refractivity contribution in [2.24, 2.45) is 0 Å². The van der Waals surface area contributed by atoms with Crippen LogP contribution >= 0.6 is 23.2 Å². The van der Waals surface area contributed by atoms with Crippen LogP contribution in [-0.4, -0.2) is 30.8 Å². The highest BCUT2D eigenvalue weighted by Crippen LogP contribution is 2.21. The Balaban J connectivity index is 2.73. The van der Waals surface area contributed by atoms with Gasteiger partial charge in [-0.1, -0.05) is 30.1 Å². The average Bonchev–Trinajstić information content (AvgIpc) is 2.17. The molecule has 0 spiro atoms. The molecule has 1 rings (SSSR count). The fourth-order valence-corrected chi connectivity index (χ4v) is 2.02. The lowest BCUT2D eigenvalue weighted by atomic mass is 10.1. The SMILES string of the molecule is CCCN(C)CC(=O)c1ccc(Cl)cc1Cl. The molecule has 1 aromatic carbocycles. The molecule has 4 heteroatoms. The molecule has 16 heavy (non-hydrogen) atoms. The van der Waals surface area contributed by atoms with Crippen LogP contribution in [0.5, 0.6) is 0 Å². The Morgan fingerprint density at radius 1 is 1.38 bits per heavy atom. The summed E-state index contributed by atoms with van der Waals surface area (Å²) in [5.74, 6) is 0.0256. The largest absolute Gasteiger partial charge is 0.299 e. The van der Waals surface area contributed by atoms with Crippen molar-refractivity contribution in [3.63, 3.8) is 0 Å². The first-order valence-corrected chi connectivity index (χ1v) is 5.97. The lowest BCUT2D eigenvalue weighted by molar-refractivity contribution is 0.0946. The Morgan fingerprint density at radius 2 is 2.06 bits per heavy atom. The maximum atomic E-state index is 11.9. The Labute approximate surface area is 106 Å². The molecule has 0 aliphatic heterocycles. The maximum absolute atomic E-state index is 11.9. The topological polar surface area (TPSA) is 20.3 Å². The molecule has 88 valence electrons. The van der Waals surface area contributed by atoms with Crippen LogP contribution in [0.1, 0.15) is 23.7 Å². The van der Waals surface area contributed by atoms with E-state index in [1.807, 2.05) is 11.9 Å². The number of carbonyl (C=O) groups excluding carboxylic acids is 1. The van der Waals surface area contributed by atoms with Gasteiger partial charge in [-0.2, -0.15) is 0 Å². The van der Waals surface area contributed by atoms with Gasteiger partial charge in [0.15, 0.2) is 5.78 Å². The molecule has 0 atom stereocenters. The van der Waals surface area contributed by atoms with Gasteiger partial charge in [-0.15, -0.1) is 0 Å². The summed E-state index contributed by atoms with van der Waals surface area (Å²) < 4.78 is 0. The Kier molecular flexibility index (Phi) is 5.26. The number of rotatable bonds is 5. The summed E-state index contributed by atoms with van der Waals surface area (Å²) in [6.07, 6.45) is 1.03. The molecular weight excluding hydrogens is 245 g/mol. The van der Waals surface area contributed by atoms with Crippen LogP contribution < -0.4 is 0 Å². The summed E-state index contributed by atoms with van der Waals surface area (Å²) in [5, 5.41) is 0.964. The Bertz CT molecular complexity index is 379. The van der Waals surface area contributed by atoms with Crippen LogP contribution in [0.2, 0.25) is 10.0 Å². The van der Waals surface area contributed by atoms with E-state index < -0.39 is 0 Å². The van der Waals surface area contributed by atoms with E-state index in [-0.39, 0.29) is 5.78 Å². The van der Waals surface area contributed by atoms with E-state index in [1.165, 1.54) is 0 Å². The van der Waals surface area contributed by atoms with Crippen LogP contribution in [-0.2, 0) is 0 Å². The highest BCUT2D eigenvalue weighted by atomic mass is 35.5. The first-order valence-electron chi connectivity index (χ1n) is 5.21. The third-order valence-electron chi connectivity index (χ3n) is 2.25. The summed E-state index contributed by atoms with van der Waals surface area (Å²) in [6, 6.07) is 4.95. The second kappa shape index (κ2) is 6.24. The van der Waals surface area contributed by atoms with E-state index in [9.17, 15) is 4.79 Å². The van der Waals surface area contributed by atoms with Crippen LogP contribution in [0, 0.1) is 0 Å². The monoisotopic (exact) mass is 259 g/mol. The van der Waals surface area contributed by atoms with E-state index in [2.05, 4.69) is 6.92 Å². The number of halogens is 2. The molecule has 0 bridgehead atoms. The predicted molar refractivity (Wildman–Crippen MR) is 68.6 cm³/mol. The second-order valence-electron chi connectivity index (χ2n) is 3.79. The Morgan fingerprint density at radius 3 is 2.62 bits per heavy atom. The number of benzene rings is 1. The van der Waals surface area contributed by atoms with Gasteiger partial charge < -0.3 is 0 Å². The van der Waals surface area contributed by atoms with Crippen molar-refractivity contribution in [3.05, 3.63) is 33.8 Å². The van der Waals surface area contributed by atoms with E-state index in [4.69, 9.17) is 23.2 Å². The molecule has 0 fully saturated rings. The molecule has 0 heterocycles. The first-order chi connectivity index (χ1) is 7.54. The zero-order valence-corrected chi connectivity index (χ0v) is 11.0. The van der Waals surface area contributed by atoms with E-state index in [0.717, 1.165) is 13.0 Å². The molecule has 0 N–H and O–H groups in total. The van der Waals surface area contributed by atoms with E-state index in [1.54, 1.807) is 18.2 Å². The third kappa shape index (κ3) is 3.78. The van der Waals surface area contributed by atoms with Gasteiger partial charge >= 0.3 is 0 Å². The lowest BCUT2D eigenvalue weighted by Gasteiger charge is -2.14. The van der Waals surface area contributed by atoms with Crippen molar-refractivity contribution in [2.75, 3.05) is 20.1 Å². The molecule has 0 radical (unpaired) electrons. The second-order valence-corrected chi connectivity index (χ2v) is 4.63. The predicted octanol–water partition coefficient (Wildman–Crippen LogP) is 3.52. The zero-order valence-electron chi connectivity index (χ0n) is 9.46. The van der Waals surface area contributed by atoms with E-state index >= 15 is 0 Å². The summed E-state index contributed by atoms with van der Waals surface area (Å²) >= 11 is 11.7. The maximum Gasteiger partial charge on any atom is 0.178 e. The van der Waals surface area contributed by atoms with Crippen molar-refractivity contribution in [1.82, 2.24) is 4.90 Å². The minimum absolute atomic E-state index is 0.0256. The van der Waals surface area contributed by atoms with Crippen molar-refractivity contribution >= 4 is 29.0 Å². The van der Waals surface area contributed by atoms with Gasteiger partial charge in [-0.25, -0.2) is 0 Å². The number of nitrogens with zero attached hydrogens (tertiary/aromatic N) is 1. The van der Waals surface area contributed by atoms with Gasteiger partial charge in [0.1, 0.15) is 0 Å². The van der Waals surface area contributed by atoms with Crippen LogP contribution in [0.15, 0.2) is 18.2 Å². The van der Waals surface area contributed by atoms with Crippen molar-refractivity contribution < 1.29 is 4.79 Å². The summed E-state index contributed by atoms with van der Waals surface area (Å²) in [5.41, 5.74) is 0.536. The summed E-state index contributed by atoms with van der Waals surface area (Å²) in [7, 11) is 1.92. The quantitative estimate of drug-likeness (QED) is 0.755. The van der Waals surface area contributed by atoms with Gasteiger partial charge in [0.05, 0.1) is 11.6 Å². The number of ketones is 1. The van der Waals surface area contributed by atoms with Crippen LogP contribution in [0.3, 0.4) is 0 Å². The molecule has 1 aromatic rings. The highest BCUT2D eigenvalue weighted by molar-refractivity contribution is 6.36. The summed E-state index contributed by atoms with van der Waals surface area (Å²) in [4.78, 5) is 13.9. The fraction of sp³-hybridized carbons (Fsp3) is 0.417. The van der Waals surface area contributed by atoms with Crippen molar-refractivity contribution in [3.8, 4) is 0 Å². The average molecular weight is 260 g/mol. The van der Waals surface area contributed by atoms with Gasteiger partial charge in [0.25, 0.3) is 0 Å².